The van der Waals surface area contributed by atoms with Crippen molar-refractivity contribution in [1.29, 1.82) is 0 Å². The molecule has 1 aliphatic heterocycles. The second-order valence-corrected chi connectivity index (χ2v) is 7.08. The highest BCUT2D eigenvalue weighted by Gasteiger charge is 2.16. The molecule has 0 fully saturated rings. The summed E-state index contributed by atoms with van der Waals surface area (Å²) in [4.78, 5) is 25.2. The summed E-state index contributed by atoms with van der Waals surface area (Å²) in [5.41, 5.74) is 2.17. The van der Waals surface area contributed by atoms with E-state index in [2.05, 4.69) is 5.32 Å². The largest absolute Gasteiger partial charge is 0.459 e. The molecule has 0 saturated carbocycles. The first-order valence-electron chi connectivity index (χ1n) is 9.21. The Labute approximate surface area is 164 Å². The molecular weight excluding hydrogens is 360 g/mol. The number of likely N-dealkylation sites (N-methyl/N-ethyl adjacent to an activating group) is 1. The van der Waals surface area contributed by atoms with Crippen molar-refractivity contribution in [2.45, 2.75) is 26.5 Å². The fraction of sp³-hybridized carbons (Fsp3) is 0.333. The van der Waals surface area contributed by atoms with Crippen molar-refractivity contribution in [1.82, 2.24) is 0 Å². The first-order chi connectivity index (χ1) is 13.4. The van der Waals surface area contributed by atoms with Gasteiger partial charge in [0.25, 0.3) is 5.91 Å². The zero-order valence-corrected chi connectivity index (χ0v) is 16.3. The van der Waals surface area contributed by atoms with E-state index in [-0.39, 0.29) is 24.8 Å². The topological polar surface area (TPSA) is 78.3 Å². The summed E-state index contributed by atoms with van der Waals surface area (Å²) in [5, 5.41) is 2.85. The number of benzene rings is 2. The maximum Gasteiger partial charge on any atom is 0.338 e. The molecule has 0 saturated heterocycles. The average molecular weight is 385 g/mol. The molecular formula is C21H25N2O5+. The van der Waals surface area contributed by atoms with E-state index in [9.17, 15) is 9.59 Å². The number of anilines is 1. The molecule has 7 heteroatoms. The van der Waals surface area contributed by atoms with Crippen molar-refractivity contribution >= 4 is 17.6 Å². The Morgan fingerprint density at radius 2 is 1.82 bits per heavy atom. The van der Waals surface area contributed by atoms with E-state index in [4.69, 9.17) is 14.2 Å². The molecule has 1 unspecified atom stereocenters. The van der Waals surface area contributed by atoms with Crippen molar-refractivity contribution in [3.05, 3.63) is 53.6 Å². The van der Waals surface area contributed by atoms with E-state index >= 15 is 0 Å². The highest BCUT2D eigenvalue weighted by molar-refractivity contribution is 5.93. The Kier molecular flexibility index (Phi) is 6.16. The lowest BCUT2D eigenvalue weighted by Gasteiger charge is -2.14. The second-order valence-electron chi connectivity index (χ2n) is 7.08. The van der Waals surface area contributed by atoms with Gasteiger partial charge in [-0.2, -0.15) is 0 Å². The summed E-state index contributed by atoms with van der Waals surface area (Å²) in [6.45, 7) is 4.84. The van der Waals surface area contributed by atoms with Gasteiger partial charge in [0.15, 0.2) is 18.0 Å². The molecule has 7 nitrogen and oxygen atoms in total. The third-order valence-corrected chi connectivity index (χ3v) is 4.15. The van der Waals surface area contributed by atoms with Crippen molar-refractivity contribution in [3.63, 3.8) is 0 Å². The normalized spacial score (nSPS) is 13.3. The van der Waals surface area contributed by atoms with Gasteiger partial charge in [-0.15, -0.1) is 0 Å². The van der Waals surface area contributed by atoms with Crippen LogP contribution in [0, 0.1) is 0 Å². The molecule has 0 aromatic heterocycles. The number of hydrogen-bond acceptors (Lipinski definition) is 5. The van der Waals surface area contributed by atoms with Gasteiger partial charge in [0, 0.05) is 11.3 Å². The smallest absolute Gasteiger partial charge is 0.338 e. The van der Waals surface area contributed by atoms with E-state index in [1.54, 1.807) is 38.1 Å². The molecule has 1 atom stereocenters. The van der Waals surface area contributed by atoms with Gasteiger partial charge in [0.2, 0.25) is 6.79 Å². The quantitative estimate of drug-likeness (QED) is 0.709. The third-order valence-electron chi connectivity index (χ3n) is 4.15. The molecule has 1 amide bonds. The molecule has 0 radical (unpaired) electrons. The molecule has 2 N–H and O–H groups in total. The van der Waals surface area contributed by atoms with Gasteiger partial charge in [-0.25, -0.2) is 4.79 Å². The van der Waals surface area contributed by atoms with E-state index in [0.717, 1.165) is 22.0 Å². The Morgan fingerprint density at radius 1 is 1.11 bits per heavy atom. The van der Waals surface area contributed by atoms with E-state index in [1.165, 1.54) is 0 Å². The lowest BCUT2D eigenvalue weighted by molar-refractivity contribution is -0.885. The van der Waals surface area contributed by atoms with Crippen LogP contribution in [-0.2, 0) is 16.1 Å². The predicted molar refractivity (Wildman–Crippen MR) is 104 cm³/mol. The Hall–Kier alpha value is -3.06. The first kappa shape index (κ1) is 19.7. The number of fused-ring (bicyclic) bond motifs is 1. The average Bonchev–Trinajstić information content (AvgIpc) is 3.09. The van der Waals surface area contributed by atoms with Gasteiger partial charge in [0.05, 0.1) is 18.7 Å². The van der Waals surface area contributed by atoms with Crippen molar-refractivity contribution in [2.24, 2.45) is 0 Å². The van der Waals surface area contributed by atoms with Crippen molar-refractivity contribution < 1.29 is 28.7 Å². The van der Waals surface area contributed by atoms with Crippen LogP contribution in [0.4, 0.5) is 5.69 Å². The zero-order valence-electron chi connectivity index (χ0n) is 16.3. The standard InChI is InChI=1S/C21H24N2O5/c1-14(2)28-21(25)16-5-7-17(8-6-16)22-20(24)12-23(3)11-15-4-9-18-19(10-15)27-13-26-18/h4-10,14H,11-13H2,1-3H3,(H,22,24)/p+1. The summed E-state index contributed by atoms with van der Waals surface area (Å²) in [6.07, 6.45) is -0.171. The Bertz CT molecular complexity index is 848. The van der Waals surface area contributed by atoms with Gasteiger partial charge in [-0.1, -0.05) is 0 Å². The molecule has 0 bridgehead atoms. The molecule has 0 spiro atoms. The number of rotatable bonds is 7. The maximum absolute atomic E-state index is 12.3. The number of carbonyl (C=O) groups excluding carboxylic acids is 2. The van der Waals surface area contributed by atoms with E-state index in [1.807, 2.05) is 25.2 Å². The summed E-state index contributed by atoms with van der Waals surface area (Å²) < 4.78 is 15.8. The molecule has 148 valence electrons. The fourth-order valence-corrected chi connectivity index (χ4v) is 2.91. The molecule has 3 rings (SSSR count). The molecule has 0 aliphatic carbocycles. The Balaban J connectivity index is 1.50. The number of nitrogens with one attached hydrogen (secondary N) is 2. The SMILES string of the molecule is CC(C)OC(=O)c1ccc(NC(=O)C[NH+](C)Cc2ccc3c(c2)OCO3)cc1. The highest BCUT2D eigenvalue weighted by atomic mass is 16.7. The second kappa shape index (κ2) is 8.75. The number of hydrogen-bond donors (Lipinski definition) is 2. The monoisotopic (exact) mass is 385 g/mol. The molecule has 28 heavy (non-hydrogen) atoms. The summed E-state index contributed by atoms with van der Waals surface area (Å²) in [7, 11) is 1.95. The number of carbonyl (C=O) groups is 2. The third kappa shape index (κ3) is 5.23. The predicted octanol–water partition coefficient (Wildman–Crippen LogP) is 1.63. The number of ether oxygens (including phenoxy) is 3. The van der Waals surface area contributed by atoms with Crippen LogP contribution in [0.2, 0.25) is 0 Å². The molecule has 1 heterocycles. The van der Waals surface area contributed by atoms with Crippen LogP contribution >= 0.6 is 0 Å². The summed E-state index contributed by atoms with van der Waals surface area (Å²) in [6, 6.07) is 12.5. The number of amides is 1. The molecule has 2 aromatic rings. The van der Waals surface area contributed by atoms with Crippen LogP contribution < -0.4 is 19.7 Å². The van der Waals surface area contributed by atoms with Gasteiger partial charge in [-0.05, 0) is 56.3 Å². The van der Waals surface area contributed by atoms with Crippen LogP contribution in [0.1, 0.15) is 29.8 Å². The summed E-state index contributed by atoms with van der Waals surface area (Å²) >= 11 is 0. The van der Waals surface area contributed by atoms with Crippen LogP contribution in [0.3, 0.4) is 0 Å². The van der Waals surface area contributed by atoms with Crippen molar-refractivity contribution in [2.75, 3.05) is 25.7 Å². The minimum absolute atomic E-state index is 0.101. The zero-order chi connectivity index (χ0) is 20.1. The number of esters is 1. The van der Waals surface area contributed by atoms with Gasteiger partial charge >= 0.3 is 5.97 Å². The van der Waals surface area contributed by atoms with Gasteiger partial charge in [0.1, 0.15) is 6.54 Å². The van der Waals surface area contributed by atoms with E-state index in [0.29, 0.717) is 24.3 Å². The highest BCUT2D eigenvalue weighted by Crippen LogP contribution is 2.32. The fourth-order valence-electron chi connectivity index (χ4n) is 2.91. The summed E-state index contributed by atoms with van der Waals surface area (Å²) in [5.74, 6) is 1.02. The minimum Gasteiger partial charge on any atom is -0.459 e. The van der Waals surface area contributed by atoms with Crippen LogP contribution in [0.5, 0.6) is 11.5 Å². The molecule has 2 aromatic carbocycles. The minimum atomic E-state index is -0.374. The first-order valence-corrected chi connectivity index (χ1v) is 9.21. The van der Waals surface area contributed by atoms with Crippen LogP contribution in [0.25, 0.3) is 0 Å². The van der Waals surface area contributed by atoms with Gasteiger partial charge < -0.3 is 24.4 Å². The lowest BCUT2D eigenvalue weighted by Crippen LogP contribution is -3.08. The Morgan fingerprint density at radius 3 is 2.54 bits per heavy atom. The van der Waals surface area contributed by atoms with Gasteiger partial charge in [-0.3, -0.25) is 4.79 Å². The molecule has 1 aliphatic rings. The van der Waals surface area contributed by atoms with Crippen molar-refractivity contribution in [3.8, 4) is 11.5 Å². The maximum atomic E-state index is 12.3. The van der Waals surface area contributed by atoms with E-state index < -0.39 is 0 Å². The van der Waals surface area contributed by atoms with Crippen LogP contribution in [-0.4, -0.2) is 38.4 Å². The lowest BCUT2D eigenvalue weighted by atomic mass is 10.2. The van der Waals surface area contributed by atoms with Crippen LogP contribution in [0.15, 0.2) is 42.5 Å². The number of quaternary nitrogens is 1.